The molecule has 3 aliphatic heterocycles. The van der Waals surface area contributed by atoms with E-state index >= 15 is 0 Å². The number of anilines is 1. The lowest BCUT2D eigenvalue weighted by Crippen LogP contribution is -2.51. The van der Waals surface area contributed by atoms with E-state index in [4.69, 9.17) is 4.98 Å². The van der Waals surface area contributed by atoms with Gasteiger partial charge in [0.1, 0.15) is 0 Å². The Morgan fingerprint density at radius 2 is 2.06 bits per heavy atom. The smallest absolute Gasteiger partial charge is 0.186 e. The Morgan fingerprint density at radius 3 is 2.83 bits per heavy atom. The summed E-state index contributed by atoms with van der Waals surface area (Å²) in [5.41, 5.74) is 1.37. The van der Waals surface area contributed by atoms with E-state index in [-0.39, 0.29) is 0 Å². The van der Waals surface area contributed by atoms with Crippen molar-refractivity contribution in [3.8, 4) is 0 Å². The lowest BCUT2D eigenvalue weighted by molar-refractivity contribution is 0.314. The predicted molar refractivity (Wildman–Crippen MR) is 74.3 cm³/mol. The van der Waals surface area contributed by atoms with Crippen LogP contribution in [0.15, 0.2) is 0 Å². The minimum absolute atomic E-state index is 0.689. The van der Waals surface area contributed by atoms with Gasteiger partial charge in [-0.3, -0.25) is 0 Å². The van der Waals surface area contributed by atoms with Gasteiger partial charge in [-0.2, -0.15) is 0 Å². The van der Waals surface area contributed by atoms with Crippen molar-refractivity contribution in [1.29, 1.82) is 0 Å². The van der Waals surface area contributed by atoms with Crippen LogP contribution in [-0.2, 0) is 13.0 Å². The third kappa shape index (κ3) is 1.68. The summed E-state index contributed by atoms with van der Waals surface area (Å²) in [5, 5.41) is 4.84. The zero-order chi connectivity index (χ0) is 12.1. The third-order valence-electron chi connectivity index (χ3n) is 4.51. The molecule has 1 aromatic rings. The van der Waals surface area contributed by atoms with E-state index in [1.165, 1.54) is 28.5 Å². The molecule has 1 N–H and O–H groups in total. The first kappa shape index (κ1) is 11.2. The topological polar surface area (TPSA) is 31.4 Å². The molecule has 2 bridgehead atoms. The number of likely N-dealkylation sites (N-methyl/N-ethyl adjacent to an activating group) is 1. The number of aromatic nitrogens is 1. The maximum Gasteiger partial charge on any atom is 0.186 e. The summed E-state index contributed by atoms with van der Waals surface area (Å²) in [7, 11) is 2.21. The first-order valence-electron chi connectivity index (χ1n) is 6.97. The molecular formula is C13H20N4S. The highest BCUT2D eigenvalue weighted by atomic mass is 32.1. The zero-order valence-corrected chi connectivity index (χ0v) is 11.7. The lowest BCUT2D eigenvalue weighted by atomic mass is 10.2. The molecule has 3 aliphatic rings. The Kier molecular flexibility index (Phi) is 2.60. The average molecular weight is 264 g/mol. The highest BCUT2D eigenvalue weighted by Crippen LogP contribution is 2.37. The molecule has 2 unspecified atom stereocenters. The summed E-state index contributed by atoms with van der Waals surface area (Å²) in [4.78, 5) is 11.4. The van der Waals surface area contributed by atoms with Gasteiger partial charge in [0.25, 0.3) is 0 Å². The largest absolute Gasteiger partial charge is 0.340 e. The summed E-state index contributed by atoms with van der Waals surface area (Å²) in [6.45, 7) is 4.53. The molecule has 1 aromatic heterocycles. The van der Waals surface area contributed by atoms with E-state index in [2.05, 4.69) is 22.2 Å². The summed E-state index contributed by atoms with van der Waals surface area (Å²) in [6.07, 6.45) is 3.80. The summed E-state index contributed by atoms with van der Waals surface area (Å²) >= 11 is 1.94. The van der Waals surface area contributed by atoms with Crippen molar-refractivity contribution in [3.63, 3.8) is 0 Å². The molecule has 0 radical (unpaired) electrons. The fraction of sp³-hybridized carbons (Fsp3) is 0.769. The van der Waals surface area contributed by atoms with Crippen LogP contribution < -0.4 is 10.2 Å². The van der Waals surface area contributed by atoms with Crippen LogP contribution in [0, 0.1) is 0 Å². The Labute approximate surface area is 112 Å². The van der Waals surface area contributed by atoms with Gasteiger partial charge in [0.2, 0.25) is 0 Å². The third-order valence-corrected chi connectivity index (χ3v) is 5.61. The van der Waals surface area contributed by atoms with Crippen molar-refractivity contribution < 1.29 is 0 Å². The maximum atomic E-state index is 4.94. The van der Waals surface area contributed by atoms with Gasteiger partial charge in [-0.05, 0) is 19.9 Å². The minimum atomic E-state index is 0.689. The first-order valence-corrected chi connectivity index (χ1v) is 7.79. The summed E-state index contributed by atoms with van der Waals surface area (Å²) in [6, 6.07) is 1.38. The maximum absolute atomic E-state index is 4.94. The number of hydrogen-bond acceptors (Lipinski definition) is 5. The molecule has 4 heterocycles. The van der Waals surface area contributed by atoms with Crippen molar-refractivity contribution in [1.82, 2.24) is 15.2 Å². The molecule has 2 atom stereocenters. The number of nitrogens with zero attached hydrogens (tertiary/aromatic N) is 3. The predicted octanol–water partition coefficient (Wildman–Crippen LogP) is 1.07. The second-order valence-corrected chi connectivity index (χ2v) is 6.87. The number of hydrogen-bond donors (Lipinski definition) is 1. The molecule has 5 heteroatoms. The quantitative estimate of drug-likeness (QED) is 0.822. The monoisotopic (exact) mass is 264 g/mol. The molecule has 2 fully saturated rings. The minimum Gasteiger partial charge on any atom is -0.340 e. The van der Waals surface area contributed by atoms with E-state index in [1.54, 1.807) is 0 Å². The van der Waals surface area contributed by atoms with E-state index in [1.807, 2.05) is 11.3 Å². The van der Waals surface area contributed by atoms with Crippen LogP contribution in [0.25, 0.3) is 0 Å². The molecule has 98 valence electrons. The van der Waals surface area contributed by atoms with Crippen molar-refractivity contribution in [2.75, 3.05) is 31.6 Å². The van der Waals surface area contributed by atoms with E-state index < -0.39 is 0 Å². The molecule has 0 aromatic carbocycles. The van der Waals surface area contributed by atoms with Crippen molar-refractivity contribution in [2.45, 2.75) is 37.9 Å². The van der Waals surface area contributed by atoms with E-state index in [9.17, 15) is 0 Å². The van der Waals surface area contributed by atoms with Gasteiger partial charge < -0.3 is 15.1 Å². The highest BCUT2D eigenvalue weighted by Gasteiger charge is 2.38. The zero-order valence-electron chi connectivity index (χ0n) is 10.9. The number of nitrogens with one attached hydrogen (secondary N) is 1. The molecular weight excluding hydrogens is 244 g/mol. The van der Waals surface area contributed by atoms with Crippen molar-refractivity contribution in [3.05, 3.63) is 10.6 Å². The molecule has 0 amide bonds. The van der Waals surface area contributed by atoms with Crippen LogP contribution in [0.2, 0.25) is 0 Å². The van der Waals surface area contributed by atoms with Gasteiger partial charge in [-0.15, -0.1) is 11.3 Å². The summed E-state index contributed by atoms with van der Waals surface area (Å²) < 4.78 is 0. The average Bonchev–Trinajstić information content (AvgIpc) is 2.87. The molecule has 4 rings (SSSR count). The Morgan fingerprint density at radius 1 is 1.28 bits per heavy atom. The fourth-order valence-electron chi connectivity index (χ4n) is 3.51. The van der Waals surface area contributed by atoms with Gasteiger partial charge in [0.05, 0.1) is 5.69 Å². The molecule has 0 spiro atoms. The Balaban J connectivity index is 1.65. The SMILES string of the molecule is CN1CCc2nc(N3C4CCC3CNC4)sc2C1. The molecule has 2 saturated heterocycles. The van der Waals surface area contributed by atoms with Crippen molar-refractivity contribution in [2.24, 2.45) is 0 Å². The second kappa shape index (κ2) is 4.18. The molecule has 18 heavy (non-hydrogen) atoms. The summed E-state index contributed by atoms with van der Waals surface area (Å²) in [5.74, 6) is 0. The molecule has 0 aliphatic carbocycles. The fourth-order valence-corrected chi connectivity index (χ4v) is 4.84. The Hall–Kier alpha value is -0.650. The first-order chi connectivity index (χ1) is 8.81. The highest BCUT2D eigenvalue weighted by molar-refractivity contribution is 7.15. The van der Waals surface area contributed by atoms with Crippen LogP contribution in [0.5, 0.6) is 0 Å². The van der Waals surface area contributed by atoms with Gasteiger partial charge in [0, 0.05) is 49.6 Å². The van der Waals surface area contributed by atoms with Gasteiger partial charge >= 0.3 is 0 Å². The van der Waals surface area contributed by atoms with Crippen molar-refractivity contribution >= 4 is 16.5 Å². The molecule has 0 saturated carbocycles. The van der Waals surface area contributed by atoms with E-state index in [0.717, 1.165) is 32.6 Å². The lowest BCUT2D eigenvalue weighted by Gasteiger charge is -2.35. The second-order valence-electron chi connectivity index (χ2n) is 5.80. The standard InChI is InChI=1S/C13H20N4S/c1-16-5-4-11-12(8-16)18-13(15-11)17-9-2-3-10(17)7-14-6-9/h9-10,14H,2-8H2,1H3. The number of thiazole rings is 1. The van der Waals surface area contributed by atoms with E-state index in [0.29, 0.717) is 12.1 Å². The van der Waals surface area contributed by atoms with Crippen LogP contribution in [0.3, 0.4) is 0 Å². The molecule has 4 nitrogen and oxygen atoms in total. The van der Waals surface area contributed by atoms with Crippen LogP contribution in [0.4, 0.5) is 5.13 Å². The number of rotatable bonds is 1. The van der Waals surface area contributed by atoms with Crippen LogP contribution in [0.1, 0.15) is 23.4 Å². The van der Waals surface area contributed by atoms with Gasteiger partial charge in [-0.1, -0.05) is 0 Å². The van der Waals surface area contributed by atoms with Gasteiger partial charge in [-0.25, -0.2) is 4.98 Å². The number of piperazine rings is 1. The normalized spacial score (nSPS) is 31.7. The van der Waals surface area contributed by atoms with Gasteiger partial charge in [0.15, 0.2) is 5.13 Å². The number of fused-ring (bicyclic) bond motifs is 3. The Bertz CT molecular complexity index is 442. The van der Waals surface area contributed by atoms with Crippen LogP contribution >= 0.6 is 11.3 Å². The van der Waals surface area contributed by atoms with Crippen LogP contribution in [-0.4, -0.2) is 48.6 Å².